The van der Waals surface area contributed by atoms with Gasteiger partial charge in [-0.15, -0.1) is 0 Å². The van der Waals surface area contributed by atoms with Gasteiger partial charge in [0.1, 0.15) is 12.4 Å². The van der Waals surface area contributed by atoms with E-state index in [2.05, 4.69) is 27.7 Å². The maximum Gasteiger partial charge on any atom is 0.329 e. The molecule has 13 heteroatoms. The van der Waals surface area contributed by atoms with Crippen LogP contribution < -0.4 is 30.3 Å². The Balaban J connectivity index is 1.58. The molecule has 0 atom stereocenters. The maximum absolute atomic E-state index is 12.4. The minimum Gasteiger partial charge on any atom is -0.490 e. The van der Waals surface area contributed by atoms with Crippen molar-refractivity contribution in [3.63, 3.8) is 0 Å². The molecule has 0 heterocycles. The van der Waals surface area contributed by atoms with Crippen molar-refractivity contribution in [3.8, 4) is 17.2 Å². The molecule has 0 aliphatic rings. The monoisotopic (exact) mass is 710 g/mol. The smallest absolute Gasteiger partial charge is 0.329 e. The number of carbonyl (C=O) groups excluding carboxylic acids is 3. The number of nitrogens with one attached hydrogen (secondary N) is 3. The van der Waals surface area contributed by atoms with Crippen LogP contribution in [0.2, 0.25) is 10.0 Å². The van der Waals surface area contributed by atoms with Gasteiger partial charge >= 0.3 is 11.8 Å². The van der Waals surface area contributed by atoms with Crippen LogP contribution in [0.1, 0.15) is 12.5 Å². The lowest BCUT2D eigenvalue weighted by molar-refractivity contribution is -0.136. The van der Waals surface area contributed by atoms with Gasteiger partial charge in [0.05, 0.1) is 16.4 Å². The van der Waals surface area contributed by atoms with Gasteiger partial charge in [-0.25, -0.2) is 5.43 Å². The third-order valence-electron chi connectivity index (χ3n) is 4.89. The van der Waals surface area contributed by atoms with Crippen LogP contribution in [0.15, 0.2) is 72.4 Å². The Kier molecular flexibility index (Phi) is 12.3. The van der Waals surface area contributed by atoms with Crippen molar-refractivity contribution >= 4 is 81.1 Å². The Morgan fingerprint density at radius 3 is 2.29 bits per heavy atom. The van der Waals surface area contributed by atoms with Crippen LogP contribution in [-0.4, -0.2) is 43.8 Å². The number of carbonyl (C=O) groups is 3. The number of hydrogen-bond donors (Lipinski definition) is 3. The van der Waals surface area contributed by atoms with E-state index in [1.165, 1.54) is 6.21 Å². The van der Waals surface area contributed by atoms with Crippen molar-refractivity contribution in [2.24, 2.45) is 5.10 Å². The van der Waals surface area contributed by atoms with E-state index < -0.39 is 17.7 Å². The van der Waals surface area contributed by atoms with Gasteiger partial charge in [-0.3, -0.25) is 14.4 Å². The van der Waals surface area contributed by atoms with Crippen LogP contribution in [0.3, 0.4) is 0 Å². The van der Waals surface area contributed by atoms with Crippen LogP contribution in [0.25, 0.3) is 0 Å². The number of amides is 3. The summed E-state index contributed by atoms with van der Waals surface area (Å²) in [5.74, 6) is -0.962. The van der Waals surface area contributed by atoms with Gasteiger partial charge in [0.15, 0.2) is 18.1 Å². The quantitative estimate of drug-likeness (QED) is 0.0732. The van der Waals surface area contributed by atoms with Gasteiger partial charge in [-0.1, -0.05) is 35.9 Å². The largest absolute Gasteiger partial charge is 0.490 e. The third-order valence-corrected chi connectivity index (χ3v) is 6.13. The van der Waals surface area contributed by atoms with Gasteiger partial charge in [-0.2, -0.15) is 5.10 Å². The number of halogens is 3. The normalized spacial score (nSPS) is 10.5. The number of hydrazone groups is 1. The molecule has 0 unspecified atom stereocenters. The molecule has 0 aliphatic heterocycles. The number of ether oxygens (including phenoxy) is 3. The predicted octanol–water partition coefficient (Wildman–Crippen LogP) is 5.67. The first-order chi connectivity index (χ1) is 19.7. The molecular formula is C28H25Cl2IN4O6. The molecule has 41 heavy (non-hydrogen) atoms. The van der Waals surface area contributed by atoms with E-state index in [4.69, 9.17) is 37.4 Å². The Hall–Kier alpha value is -3.81. The standard InChI is InChI=1S/C28H25Cl2IN4O6/c1-3-9-40-22-7-5-20(6-8-22)34-27(37)28(38)35-32-15-17-10-23(31)26(24(11-17)39-4-2)41-16-25(36)33-21-13-18(29)12-19(30)14-21/h3,5-8,10-15H,1,4,9,16H2,2H3,(H,33,36)(H,34,37)(H,35,38)/b32-15-. The second kappa shape index (κ2) is 15.8. The van der Waals surface area contributed by atoms with E-state index in [9.17, 15) is 14.4 Å². The second-order valence-corrected chi connectivity index (χ2v) is 10.1. The minimum atomic E-state index is -0.958. The van der Waals surface area contributed by atoms with Gasteiger partial charge in [0.2, 0.25) is 0 Å². The molecule has 0 fully saturated rings. The summed E-state index contributed by atoms with van der Waals surface area (Å²) in [5.41, 5.74) is 3.59. The van der Waals surface area contributed by atoms with E-state index in [0.717, 1.165) is 0 Å². The summed E-state index contributed by atoms with van der Waals surface area (Å²) < 4.78 is 17.4. The first-order valence-corrected chi connectivity index (χ1v) is 13.8. The molecule has 3 aromatic rings. The minimum absolute atomic E-state index is 0.302. The Morgan fingerprint density at radius 2 is 1.63 bits per heavy atom. The van der Waals surface area contributed by atoms with Crippen LogP contribution in [0.5, 0.6) is 17.2 Å². The highest BCUT2D eigenvalue weighted by Crippen LogP contribution is 2.34. The van der Waals surface area contributed by atoms with Crippen LogP contribution in [0, 0.1) is 3.57 Å². The second-order valence-electron chi connectivity index (χ2n) is 8.04. The van der Waals surface area contributed by atoms with Crippen LogP contribution in [0.4, 0.5) is 11.4 Å². The molecule has 3 N–H and O–H groups in total. The lowest BCUT2D eigenvalue weighted by Crippen LogP contribution is -2.32. The summed E-state index contributed by atoms with van der Waals surface area (Å²) >= 11 is 14.0. The summed E-state index contributed by atoms with van der Waals surface area (Å²) in [7, 11) is 0. The molecule has 10 nitrogen and oxygen atoms in total. The van der Waals surface area contributed by atoms with Crippen molar-refractivity contribution in [2.75, 3.05) is 30.5 Å². The summed E-state index contributed by atoms with van der Waals surface area (Å²) in [6.07, 6.45) is 2.96. The summed E-state index contributed by atoms with van der Waals surface area (Å²) in [6.45, 7) is 5.76. The Morgan fingerprint density at radius 1 is 0.927 bits per heavy atom. The fourth-order valence-corrected chi connectivity index (χ4v) is 4.53. The number of nitrogens with zero attached hydrogens (tertiary/aromatic N) is 1. The highest BCUT2D eigenvalue weighted by Gasteiger charge is 2.15. The number of benzene rings is 3. The molecule has 3 amide bonds. The van der Waals surface area contributed by atoms with Crippen molar-refractivity contribution in [2.45, 2.75) is 6.92 Å². The Labute approximate surface area is 260 Å². The Bertz CT molecular complexity index is 1430. The topological polar surface area (TPSA) is 127 Å². The molecule has 214 valence electrons. The van der Waals surface area contributed by atoms with E-state index in [-0.39, 0.29) is 6.61 Å². The first kappa shape index (κ1) is 31.7. The zero-order valence-corrected chi connectivity index (χ0v) is 25.4. The molecule has 0 radical (unpaired) electrons. The molecule has 3 aromatic carbocycles. The highest BCUT2D eigenvalue weighted by molar-refractivity contribution is 14.1. The summed E-state index contributed by atoms with van der Waals surface area (Å²) in [6, 6.07) is 14.5. The van der Waals surface area contributed by atoms with E-state index in [1.54, 1.807) is 67.6 Å². The zero-order chi connectivity index (χ0) is 29.8. The van der Waals surface area contributed by atoms with Gasteiger partial charge in [0, 0.05) is 21.4 Å². The summed E-state index contributed by atoms with van der Waals surface area (Å²) in [4.78, 5) is 36.8. The average Bonchev–Trinajstić information content (AvgIpc) is 2.91. The van der Waals surface area contributed by atoms with E-state index >= 15 is 0 Å². The van der Waals surface area contributed by atoms with Crippen LogP contribution in [-0.2, 0) is 14.4 Å². The highest BCUT2D eigenvalue weighted by atomic mass is 127. The predicted molar refractivity (Wildman–Crippen MR) is 167 cm³/mol. The molecule has 0 spiro atoms. The molecule has 0 saturated heterocycles. The van der Waals surface area contributed by atoms with E-state index in [1.807, 2.05) is 22.6 Å². The number of anilines is 2. The molecular weight excluding hydrogens is 686 g/mol. The van der Waals surface area contributed by atoms with Gasteiger partial charge in [-0.05, 0) is 89.7 Å². The first-order valence-electron chi connectivity index (χ1n) is 12.0. The molecule has 0 bridgehead atoms. The molecule has 0 saturated carbocycles. The SMILES string of the molecule is C=CCOc1ccc(NC(=O)C(=O)N/N=C\c2cc(I)c(OCC(=O)Nc3cc(Cl)cc(Cl)c3)c(OCC)c2)cc1. The van der Waals surface area contributed by atoms with Crippen molar-refractivity contribution in [1.29, 1.82) is 0 Å². The molecule has 0 aliphatic carbocycles. The summed E-state index contributed by atoms with van der Waals surface area (Å²) in [5, 5.41) is 9.78. The lowest BCUT2D eigenvalue weighted by Gasteiger charge is -2.14. The molecule has 3 rings (SSSR count). The fourth-order valence-electron chi connectivity index (χ4n) is 3.22. The number of rotatable bonds is 12. The van der Waals surface area contributed by atoms with Crippen molar-refractivity contribution in [1.82, 2.24) is 5.43 Å². The van der Waals surface area contributed by atoms with Gasteiger partial charge in [0.25, 0.3) is 5.91 Å². The lowest BCUT2D eigenvalue weighted by atomic mass is 10.2. The van der Waals surface area contributed by atoms with E-state index in [0.29, 0.717) is 61.0 Å². The zero-order valence-electron chi connectivity index (χ0n) is 21.7. The van der Waals surface area contributed by atoms with Crippen molar-refractivity contribution < 1.29 is 28.6 Å². The molecule has 0 aromatic heterocycles. The fraction of sp³-hybridized carbons (Fsp3) is 0.143. The maximum atomic E-state index is 12.4. The van der Waals surface area contributed by atoms with Crippen molar-refractivity contribution in [3.05, 3.63) is 86.4 Å². The van der Waals surface area contributed by atoms with Crippen LogP contribution >= 0.6 is 45.8 Å². The average molecular weight is 711 g/mol. The third kappa shape index (κ3) is 10.3. The van der Waals surface area contributed by atoms with Gasteiger partial charge < -0.3 is 24.8 Å². The number of hydrogen-bond acceptors (Lipinski definition) is 7.